The summed E-state index contributed by atoms with van der Waals surface area (Å²) in [6.07, 6.45) is 3.68. The smallest absolute Gasteiger partial charge is 0.408 e. The van der Waals surface area contributed by atoms with Gasteiger partial charge in [-0.1, -0.05) is 38.3 Å². The van der Waals surface area contributed by atoms with Crippen LogP contribution in [0, 0.1) is 11.8 Å². The zero-order valence-corrected chi connectivity index (χ0v) is 14.8. The number of oxazole rings is 1. The maximum atomic E-state index is 12.3. The summed E-state index contributed by atoms with van der Waals surface area (Å²) in [5.74, 6) is 0.646. The molecule has 6 heteroatoms. The summed E-state index contributed by atoms with van der Waals surface area (Å²) in [5, 5.41) is 3.65. The first kappa shape index (κ1) is 17.1. The van der Waals surface area contributed by atoms with Crippen LogP contribution in [-0.4, -0.2) is 16.5 Å². The molecule has 0 spiro atoms. The molecule has 0 saturated heterocycles. The van der Waals surface area contributed by atoms with Crippen LogP contribution in [0.4, 0.5) is 0 Å². The second-order valence-electron chi connectivity index (χ2n) is 6.82. The van der Waals surface area contributed by atoms with E-state index in [9.17, 15) is 9.59 Å². The van der Waals surface area contributed by atoms with Crippen molar-refractivity contribution in [3.8, 4) is 0 Å². The normalized spacial score (nSPS) is 24.2. The number of hydrogen-bond acceptors (Lipinski definition) is 3. The van der Waals surface area contributed by atoms with Crippen LogP contribution in [0.3, 0.4) is 0 Å². The zero-order chi connectivity index (χ0) is 17.3. The highest BCUT2D eigenvalue weighted by atomic mass is 35.5. The van der Waals surface area contributed by atoms with Gasteiger partial charge >= 0.3 is 5.76 Å². The third-order valence-electron chi connectivity index (χ3n) is 5.25. The SMILES string of the molecule is CC1CCCC(NC(=O)CCn2c(=O)oc3cc(Cl)ccc32)C1C. The summed E-state index contributed by atoms with van der Waals surface area (Å²) in [5.41, 5.74) is 1.11. The van der Waals surface area contributed by atoms with Crippen LogP contribution in [0.15, 0.2) is 27.4 Å². The van der Waals surface area contributed by atoms with Gasteiger partial charge in [-0.15, -0.1) is 0 Å². The summed E-state index contributed by atoms with van der Waals surface area (Å²) in [7, 11) is 0. The predicted octanol–water partition coefficient (Wildman–Crippen LogP) is 3.58. The molecule has 1 aromatic carbocycles. The molecule has 3 atom stereocenters. The van der Waals surface area contributed by atoms with Crippen molar-refractivity contribution < 1.29 is 9.21 Å². The van der Waals surface area contributed by atoms with Crippen LogP contribution < -0.4 is 11.1 Å². The van der Waals surface area contributed by atoms with Crippen LogP contribution in [0.1, 0.15) is 39.5 Å². The fraction of sp³-hybridized carbons (Fsp3) is 0.556. The Labute approximate surface area is 146 Å². The Hall–Kier alpha value is -1.75. The molecule has 1 N–H and O–H groups in total. The fourth-order valence-corrected chi connectivity index (χ4v) is 3.69. The number of benzene rings is 1. The minimum Gasteiger partial charge on any atom is -0.408 e. The van der Waals surface area contributed by atoms with Crippen molar-refractivity contribution in [2.45, 2.75) is 52.1 Å². The van der Waals surface area contributed by atoms with Gasteiger partial charge in [0.15, 0.2) is 5.58 Å². The maximum Gasteiger partial charge on any atom is 0.419 e. The molecule has 0 bridgehead atoms. The first-order valence-electron chi connectivity index (χ1n) is 8.54. The van der Waals surface area contributed by atoms with Gasteiger partial charge in [0.1, 0.15) is 0 Å². The van der Waals surface area contributed by atoms with Crippen LogP contribution in [-0.2, 0) is 11.3 Å². The van der Waals surface area contributed by atoms with Crippen molar-refractivity contribution in [3.63, 3.8) is 0 Å². The highest BCUT2D eigenvalue weighted by Gasteiger charge is 2.28. The number of nitrogens with one attached hydrogen (secondary N) is 1. The van der Waals surface area contributed by atoms with E-state index >= 15 is 0 Å². The van der Waals surface area contributed by atoms with Crippen LogP contribution in [0.5, 0.6) is 0 Å². The van der Waals surface area contributed by atoms with E-state index in [2.05, 4.69) is 19.2 Å². The first-order chi connectivity index (χ1) is 11.5. The highest BCUT2D eigenvalue weighted by Crippen LogP contribution is 2.29. The van der Waals surface area contributed by atoms with Crippen LogP contribution >= 0.6 is 11.6 Å². The average molecular weight is 351 g/mol. The molecule has 130 valence electrons. The molecule has 3 unspecified atom stereocenters. The molecule has 5 nitrogen and oxygen atoms in total. The number of amides is 1. The number of fused-ring (bicyclic) bond motifs is 1. The quantitative estimate of drug-likeness (QED) is 0.916. The Morgan fingerprint density at radius 1 is 1.38 bits per heavy atom. The lowest BCUT2D eigenvalue weighted by Gasteiger charge is -2.34. The maximum absolute atomic E-state index is 12.3. The van der Waals surface area contributed by atoms with Gasteiger partial charge in [0.25, 0.3) is 0 Å². The molecule has 2 aromatic rings. The monoisotopic (exact) mass is 350 g/mol. The third kappa shape index (κ3) is 3.51. The molecule has 24 heavy (non-hydrogen) atoms. The van der Waals surface area contributed by atoms with Gasteiger partial charge < -0.3 is 9.73 Å². The Balaban J connectivity index is 1.64. The number of carbonyl (C=O) groups excluding carboxylic acids is 1. The highest BCUT2D eigenvalue weighted by molar-refractivity contribution is 6.31. The summed E-state index contributed by atoms with van der Waals surface area (Å²) in [6.45, 7) is 4.74. The van der Waals surface area contributed by atoms with E-state index in [0.717, 1.165) is 12.8 Å². The van der Waals surface area contributed by atoms with Gasteiger partial charge in [0.2, 0.25) is 5.91 Å². The molecule has 0 radical (unpaired) electrons. The van der Waals surface area contributed by atoms with E-state index in [0.29, 0.717) is 34.5 Å². The van der Waals surface area contributed by atoms with Crippen molar-refractivity contribution in [2.75, 3.05) is 0 Å². The minimum atomic E-state index is -0.459. The number of aromatic nitrogens is 1. The van der Waals surface area contributed by atoms with E-state index in [1.807, 2.05) is 0 Å². The molecule has 1 fully saturated rings. The number of rotatable bonds is 4. The van der Waals surface area contributed by atoms with Gasteiger partial charge in [0.05, 0.1) is 5.52 Å². The Kier molecular flexibility index (Phi) is 4.99. The molecular weight excluding hydrogens is 328 g/mol. The van der Waals surface area contributed by atoms with Gasteiger partial charge in [-0.3, -0.25) is 9.36 Å². The number of nitrogens with zero attached hydrogens (tertiary/aromatic N) is 1. The van der Waals surface area contributed by atoms with Crippen molar-refractivity contribution in [1.29, 1.82) is 0 Å². The number of carbonyl (C=O) groups is 1. The number of aryl methyl sites for hydroxylation is 1. The second kappa shape index (κ2) is 7.01. The van der Waals surface area contributed by atoms with Gasteiger partial charge in [-0.05, 0) is 30.4 Å². The molecule has 1 heterocycles. The Morgan fingerprint density at radius 2 is 2.17 bits per heavy atom. The molecule has 1 amide bonds. The molecule has 3 rings (SSSR count). The van der Waals surface area contributed by atoms with E-state index in [1.54, 1.807) is 18.2 Å². The molecule has 0 aliphatic heterocycles. The van der Waals surface area contributed by atoms with E-state index in [-0.39, 0.29) is 18.4 Å². The van der Waals surface area contributed by atoms with Crippen LogP contribution in [0.25, 0.3) is 11.1 Å². The van der Waals surface area contributed by atoms with Gasteiger partial charge in [-0.2, -0.15) is 0 Å². The number of halogens is 1. The second-order valence-corrected chi connectivity index (χ2v) is 7.26. The summed E-state index contributed by atoms with van der Waals surface area (Å²) >= 11 is 5.91. The van der Waals surface area contributed by atoms with Crippen molar-refractivity contribution in [1.82, 2.24) is 9.88 Å². The van der Waals surface area contributed by atoms with Crippen molar-refractivity contribution >= 4 is 28.6 Å². The average Bonchev–Trinajstić information content (AvgIpc) is 2.84. The van der Waals surface area contributed by atoms with Gasteiger partial charge in [0, 0.05) is 30.1 Å². The Bertz CT molecular complexity index is 795. The summed E-state index contributed by atoms with van der Waals surface area (Å²) in [4.78, 5) is 24.3. The lowest BCUT2D eigenvalue weighted by Crippen LogP contribution is -2.44. The van der Waals surface area contributed by atoms with E-state index in [1.165, 1.54) is 11.0 Å². The Morgan fingerprint density at radius 3 is 2.96 bits per heavy atom. The van der Waals surface area contributed by atoms with Crippen LogP contribution in [0.2, 0.25) is 5.02 Å². The fourth-order valence-electron chi connectivity index (χ4n) is 3.53. The largest absolute Gasteiger partial charge is 0.419 e. The predicted molar refractivity (Wildman–Crippen MR) is 94.2 cm³/mol. The lowest BCUT2D eigenvalue weighted by atomic mass is 9.78. The summed E-state index contributed by atoms with van der Waals surface area (Å²) < 4.78 is 6.67. The van der Waals surface area contributed by atoms with Crippen molar-refractivity contribution in [2.24, 2.45) is 11.8 Å². The molecular formula is C18H23ClN2O3. The molecule has 1 aliphatic rings. The lowest BCUT2D eigenvalue weighted by molar-refractivity contribution is -0.122. The zero-order valence-electron chi connectivity index (χ0n) is 14.0. The molecule has 1 aromatic heterocycles. The molecule has 1 aliphatic carbocycles. The van der Waals surface area contributed by atoms with E-state index in [4.69, 9.17) is 16.0 Å². The third-order valence-corrected chi connectivity index (χ3v) is 5.48. The first-order valence-corrected chi connectivity index (χ1v) is 8.92. The topological polar surface area (TPSA) is 64.2 Å². The van der Waals surface area contributed by atoms with Crippen molar-refractivity contribution in [3.05, 3.63) is 33.8 Å². The standard InChI is InChI=1S/C18H23ClN2O3/c1-11-4-3-5-14(12(11)2)20-17(22)8-9-21-15-7-6-13(19)10-16(15)24-18(21)23/h6-7,10-12,14H,3-5,8-9H2,1-2H3,(H,20,22). The molecule has 1 saturated carbocycles. The minimum absolute atomic E-state index is 0.0174. The van der Waals surface area contributed by atoms with E-state index < -0.39 is 5.76 Å². The summed E-state index contributed by atoms with van der Waals surface area (Å²) in [6, 6.07) is 5.30. The van der Waals surface area contributed by atoms with Gasteiger partial charge in [-0.25, -0.2) is 4.79 Å². The number of hydrogen-bond donors (Lipinski definition) is 1.